The minimum Gasteiger partial charge on any atom is -0.550 e. The minimum atomic E-state index is -0.997. The molecule has 8 rings (SSSR count). The average Bonchev–Trinajstić information content (AvgIpc) is 3.28. The number of fused-ring (bicyclic) bond motifs is 2. The first kappa shape index (κ1) is 47.5. The molecule has 4 heterocycles. The summed E-state index contributed by atoms with van der Waals surface area (Å²) < 4.78 is 33.1. The Morgan fingerprint density at radius 3 is 1.75 bits per heavy atom. The van der Waals surface area contributed by atoms with Crippen LogP contribution in [0.2, 0.25) is 0 Å². The first-order chi connectivity index (χ1) is 31.3. The summed E-state index contributed by atoms with van der Waals surface area (Å²) in [5.74, 6) is 1.80. The van der Waals surface area contributed by atoms with Crippen LogP contribution in [0.25, 0.3) is 0 Å². The Morgan fingerprint density at radius 2 is 1.14 bits per heavy atom. The maximum Gasteiger partial charge on any atom is 0.201 e. The molecule has 0 saturated carbocycles. The molecule has 12 nitrogen and oxygen atoms in total. The van der Waals surface area contributed by atoms with Crippen molar-refractivity contribution >= 4 is 11.9 Å². The first-order valence-electron chi connectivity index (χ1n) is 23.7. The monoisotopic (exact) mass is 892 g/mol. The maximum atomic E-state index is 12.2. The molecule has 4 atom stereocenters. The molecule has 0 amide bonds. The van der Waals surface area contributed by atoms with Gasteiger partial charge >= 0.3 is 0 Å². The van der Waals surface area contributed by atoms with Gasteiger partial charge in [0.2, 0.25) is 5.75 Å². The number of rotatable bonds is 19. The third-order valence-corrected chi connectivity index (χ3v) is 14.5. The molecule has 4 unspecified atom stereocenters. The van der Waals surface area contributed by atoms with Crippen molar-refractivity contribution in [1.29, 1.82) is 0 Å². The Balaban J connectivity index is 1.33. The van der Waals surface area contributed by atoms with Gasteiger partial charge in [-0.05, 0) is 116 Å². The number of quaternary nitrogens is 2. The van der Waals surface area contributed by atoms with E-state index in [1.165, 1.54) is 16.7 Å². The topological polar surface area (TPSA) is 147 Å². The Bertz CT molecular complexity index is 2300. The van der Waals surface area contributed by atoms with Crippen LogP contribution in [0.15, 0.2) is 60.7 Å². The summed E-state index contributed by atoms with van der Waals surface area (Å²) in [6, 6.07) is 20.7. The Morgan fingerprint density at radius 1 is 0.615 bits per heavy atom. The number of likely N-dealkylation sites (N-methyl/N-ethyl adjacent to an activating group) is 2. The molecule has 350 valence electrons. The summed E-state index contributed by atoms with van der Waals surface area (Å²) in [4.78, 5) is 22.0. The largest absolute Gasteiger partial charge is 0.550 e. The second-order valence-electron chi connectivity index (χ2n) is 18.9. The maximum absolute atomic E-state index is 12.2. The van der Waals surface area contributed by atoms with Crippen LogP contribution >= 0.6 is 0 Å². The van der Waals surface area contributed by atoms with Crippen molar-refractivity contribution < 1.29 is 57.6 Å². The van der Waals surface area contributed by atoms with Gasteiger partial charge < -0.3 is 57.6 Å². The van der Waals surface area contributed by atoms with E-state index in [2.05, 4.69) is 50.5 Å². The first-order valence-corrected chi connectivity index (χ1v) is 23.7. The normalized spacial score (nSPS) is 20.9. The van der Waals surface area contributed by atoms with E-state index in [-0.39, 0.29) is 30.7 Å². The lowest BCUT2D eigenvalue weighted by molar-refractivity contribution is -0.941. The molecule has 0 radical (unpaired) electrons. The van der Waals surface area contributed by atoms with Gasteiger partial charge in [0.05, 0.1) is 67.2 Å². The molecule has 4 aromatic rings. The standard InChI is InChI=1S/C53H68N2O10/c1-54(26-14-10-6-8-12-16-49(56)57)28-24-38-33-45(62-4)47-35-41(38)42(54)30-36-18-21-40(22-19-36)64-46-32-37(20-23-44(46)61-3)31-43-51-39(34-48(63-5)52(60)53(51)65-47)25-29-55(43,2)27-15-11-7-9-13-17-50(58)59/h18-23,32-35,42-43H,6-17,24-31H2,1-5H3,(H-2,56,57,58,59,60). The molecule has 0 aliphatic carbocycles. The lowest BCUT2D eigenvalue weighted by atomic mass is 9.84. The van der Waals surface area contributed by atoms with Gasteiger partial charge in [0.25, 0.3) is 0 Å². The summed E-state index contributed by atoms with van der Waals surface area (Å²) in [7, 11) is 9.56. The lowest BCUT2D eigenvalue weighted by Gasteiger charge is -2.47. The number of unbranched alkanes of at least 4 members (excludes halogenated alkanes) is 8. The van der Waals surface area contributed by atoms with Crippen molar-refractivity contribution in [2.45, 2.75) is 115 Å². The van der Waals surface area contributed by atoms with Gasteiger partial charge in [-0.1, -0.05) is 43.9 Å². The van der Waals surface area contributed by atoms with Crippen molar-refractivity contribution in [3.05, 3.63) is 94.0 Å². The molecule has 6 bridgehead atoms. The van der Waals surface area contributed by atoms with Crippen LogP contribution in [0, 0.1) is 0 Å². The van der Waals surface area contributed by atoms with Gasteiger partial charge in [-0.3, -0.25) is 0 Å². The van der Waals surface area contributed by atoms with Crippen LogP contribution in [0.4, 0.5) is 0 Å². The quantitative estimate of drug-likeness (QED) is 0.0725. The van der Waals surface area contributed by atoms with Crippen molar-refractivity contribution in [3.63, 3.8) is 0 Å². The van der Waals surface area contributed by atoms with E-state index in [4.69, 9.17) is 23.7 Å². The van der Waals surface area contributed by atoms with E-state index in [0.717, 1.165) is 118 Å². The van der Waals surface area contributed by atoms with Gasteiger partial charge in [-0.15, -0.1) is 0 Å². The SMILES string of the molecule is COc1ccc2cc1Oc1ccc(cc1)CC1c3cc(c(OC)cc3CC[N+]1(C)CCCCCCCC(=O)[O-])Oc1c(O)c(OC)cc3c1C(C2)[N+](C)(CCCCCCCC(=O)[O-])CC3. The number of benzene rings is 4. The number of nitrogens with zero attached hydrogens (tertiary/aromatic N) is 2. The number of phenols is 1. The summed E-state index contributed by atoms with van der Waals surface area (Å²) in [5.41, 5.74) is 6.65. The number of carbonyl (C=O) groups excluding carboxylic acids is 2. The zero-order valence-electron chi connectivity index (χ0n) is 39.1. The van der Waals surface area contributed by atoms with Crippen molar-refractivity contribution in [1.82, 2.24) is 0 Å². The van der Waals surface area contributed by atoms with Gasteiger partial charge in [-0.2, -0.15) is 0 Å². The highest BCUT2D eigenvalue weighted by Gasteiger charge is 2.44. The summed E-state index contributed by atoms with van der Waals surface area (Å²) in [5, 5.41) is 34.2. The molecule has 4 aliphatic heterocycles. The van der Waals surface area contributed by atoms with E-state index in [1.54, 1.807) is 21.3 Å². The Kier molecular flexibility index (Phi) is 15.5. The number of carbonyl (C=O) groups is 2. The third-order valence-electron chi connectivity index (χ3n) is 14.5. The highest BCUT2D eigenvalue weighted by Crippen LogP contribution is 2.53. The van der Waals surface area contributed by atoms with Crippen LogP contribution < -0.4 is 33.9 Å². The van der Waals surface area contributed by atoms with Crippen molar-refractivity contribution in [3.8, 4) is 46.0 Å². The van der Waals surface area contributed by atoms with Crippen molar-refractivity contribution in [2.24, 2.45) is 0 Å². The van der Waals surface area contributed by atoms with Gasteiger partial charge in [0, 0.05) is 43.2 Å². The molecule has 1 N–H and O–H groups in total. The number of carboxylic acid groups (broad SMARTS) is 2. The molecule has 4 aliphatic rings. The molecule has 4 aromatic carbocycles. The van der Waals surface area contributed by atoms with Gasteiger partial charge in [0.15, 0.2) is 34.5 Å². The molecular formula is C53H68N2O10. The number of methoxy groups -OCH3 is 3. The number of carboxylic acids is 2. The molecule has 0 fully saturated rings. The number of hydrogen-bond donors (Lipinski definition) is 1. The average molecular weight is 893 g/mol. The fourth-order valence-electron chi connectivity index (χ4n) is 10.7. The highest BCUT2D eigenvalue weighted by atomic mass is 16.5. The number of aromatic hydroxyl groups is 1. The Hall–Kier alpha value is -5.46. The van der Waals surface area contributed by atoms with E-state index in [0.29, 0.717) is 64.0 Å². The summed E-state index contributed by atoms with van der Waals surface area (Å²) >= 11 is 0. The van der Waals surface area contributed by atoms with Crippen LogP contribution in [0.5, 0.6) is 46.0 Å². The zero-order chi connectivity index (χ0) is 46.1. The predicted octanol–water partition coefficient (Wildman–Crippen LogP) is 8.07. The molecule has 12 heteroatoms. The van der Waals surface area contributed by atoms with Crippen molar-refractivity contribution in [2.75, 3.05) is 61.6 Å². The number of hydrogen-bond acceptors (Lipinski definition) is 10. The van der Waals surface area contributed by atoms with E-state index >= 15 is 0 Å². The highest BCUT2D eigenvalue weighted by molar-refractivity contribution is 5.64. The van der Waals surface area contributed by atoms with Gasteiger partial charge in [-0.25, -0.2) is 0 Å². The van der Waals surface area contributed by atoms with Crippen LogP contribution in [0.1, 0.15) is 123 Å². The van der Waals surface area contributed by atoms with Gasteiger partial charge in [0.1, 0.15) is 17.8 Å². The number of phenolic OH excluding ortho intramolecular Hbond substituents is 1. The number of aliphatic carboxylic acids is 2. The van der Waals surface area contributed by atoms with E-state index in [1.807, 2.05) is 24.3 Å². The Labute approximate surface area is 384 Å². The fraction of sp³-hybridized carbons (Fsp3) is 0.509. The smallest absolute Gasteiger partial charge is 0.201 e. The van der Waals surface area contributed by atoms with Crippen LogP contribution in [0.3, 0.4) is 0 Å². The molecule has 0 saturated heterocycles. The van der Waals surface area contributed by atoms with Crippen LogP contribution in [-0.2, 0) is 35.3 Å². The third kappa shape index (κ3) is 11.2. The number of ether oxygens (including phenoxy) is 5. The predicted molar refractivity (Wildman–Crippen MR) is 245 cm³/mol. The molecule has 65 heavy (non-hydrogen) atoms. The minimum absolute atomic E-state index is 0.0538. The fourth-order valence-corrected chi connectivity index (χ4v) is 10.7. The zero-order valence-corrected chi connectivity index (χ0v) is 39.1. The molecule has 0 spiro atoms. The summed E-state index contributed by atoms with van der Waals surface area (Å²) in [6.07, 6.45) is 12.1. The second kappa shape index (κ2) is 21.2. The second-order valence-corrected chi connectivity index (χ2v) is 18.9. The van der Waals surface area contributed by atoms with E-state index < -0.39 is 11.9 Å². The molecular weight excluding hydrogens is 825 g/mol. The molecule has 0 aromatic heterocycles. The van der Waals surface area contributed by atoms with E-state index in [9.17, 15) is 24.9 Å². The van der Waals surface area contributed by atoms with Crippen LogP contribution in [-0.4, -0.2) is 87.6 Å². The summed E-state index contributed by atoms with van der Waals surface area (Å²) in [6.45, 7) is 3.65. The lowest BCUT2D eigenvalue weighted by Crippen LogP contribution is -2.52.